The Kier molecular flexibility index (Phi) is 3.42. The van der Waals surface area contributed by atoms with E-state index in [4.69, 9.17) is 5.84 Å². The smallest absolute Gasteiger partial charge is 0.149 e. The maximum absolute atomic E-state index is 5.62. The maximum Gasteiger partial charge on any atom is 0.149 e. The summed E-state index contributed by atoms with van der Waals surface area (Å²) in [6.45, 7) is 4.40. The van der Waals surface area contributed by atoms with Gasteiger partial charge in [0.15, 0.2) is 0 Å². The molecule has 20 heavy (non-hydrogen) atoms. The molecule has 0 aliphatic heterocycles. The molecule has 2 aromatic heterocycles. The number of pyridine rings is 1. The summed E-state index contributed by atoms with van der Waals surface area (Å²) in [7, 11) is 0. The molecule has 2 heterocycles. The third kappa shape index (κ3) is 2.28. The highest BCUT2D eigenvalue weighted by molar-refractivity contribution is 7.13. The van der Waals surface area contributed by atoms with Gasteiger partial charge in [0.05, 0.1) is 5.52 Å². The zero-order valence-corrected chi connectivity index (χ0v) is 12.4. The summed E-state index contributed by atoms with van der Waals surface area (Å²) in [5.74, 6) is 6.85. The van der Waals surface area contributed by atoms with Gasteiger partial charge in [0, 0.05) is 15.8 Å². The zero-order chi connectivity index (χ0) is 14.1. The quantitative estimate of drug-likeness (QED) is 0.554. The number of hydrogen-bond donors (Lipinski definition) is 2. The van der Waals surface area contributed by atoms with Crippen molar-refractivity contribution in [2.75, 3.05) is 5.43 Å². The number of hydrogen-bond acceptors (Lipinski definition) is 4. The minimum atomic E-state index is 0.511. The second-order valence-electron chi connectivity index (χ2n) is 5.11. The molecule has 0 saturated carbocycles. The van der Waals surface area contributed by atoms with E-state index < -0.39 is 0 Å². The molecule has 3 N–H and O–H groups in total. The molecule has 3 nitrogen and oxygen atoms in total. The van der Waals surface area contributed by atoms with Gasteiger partial charge in [0.2, 0.25) is 0 Å². The predicted molar refractivity (Wildman–Crippen MR) is 87.0 cm³/mol. The molecular formula is C16H17N3S. The number of thiophene rings is 1. The van der Waals surface area contributed by atoms with E-state index in [1.54, 1.807) is 11.3 Å². The first-order valence-corrected chi connectivity index (χ1v) is 7.52. The topological polar surface area (TPSA) is 50.9 Å². The van der Waals surface area contributed by atoms with Crippen molar-refractivity contribution in [3.8, 4) is 10.4 Å². The summed E-state index contributed by atoms with van der Waals surface area (Å²) in [6.07, 6.45) is 0. The molecule has 0 amide bonds. The summed E-state index contributed by atoms with van der Waals surface area (Å²) in [5, 5.41) is 3.21. The summed E-state index contributed by atoms with van der Waals surface area (Å²) >= 11 is 1.69. The number of rotatable bonds is 3. The molecule has 102 valence electrons. The SMILES string of the molecule is CC(C)c1ccc2nc(NN)c(-c3cccs3)cc2c1. The van der Waals surface area contributed by atoms with Crippen molar-refractivity contribution in [2.45, 2.75) is 19.8 Å². The first-order valence-electron chi connectivity index (χ1n) is 6.64. The maximum atomic E-state index is 5.62. The molecule has 3 rings (SSSR count). The van der Waals surface area contributed by atoms with Crippen molar-refractivity contribution in [3.63, 3.8) is 0 Å². The molecular weight excluding hydrogens is 266 g/mol. The van der Waals surface area contributed by atoms with E-state index in [-0.39, 0.29) is 0 Å². The van der Waals surface area contributed by atoms with Crippen LogP contribution >= 0.6 is 11.3 Å². The van der Waals surface area contributed by atoms with Gasteiger partial charge in [-0.2, -0.15) is 0 Å². The molecule has 4 heteroatoms. The average Bonchev–Trinajstić information content (AvgIpc) is 2.99. The van der Waals surface area contributed by atoms with Crippen LogP contribution in [0.25, 0.3) is 21.3 Å². The number of anilines is 1. The number of nitrogens with zero attached hydrogens (tertiary/aromatic N) is 1. The second kappa shape index (κ2) is 5.23. The first kappa shape index (κ1) is 13.1. The molecule has 0 atom stereocenters. The Morgan fingerprint density at radius 2 is 2.05 bits per heavy atom. The van der Waals surface area contributed by atoms with Gasteiger partial charge in [-0.15, -0.1) is 11.3 Å². The number of hydrazine groups is 1. The Morgan fingerprint density at radius 3 is 2.70 bits per heavy atom. The lowest BCUT2D eigenvalue weighted by molar-refractivity contribution is 0.868. The van der Waals surface area contributed by atoms with Crippen LogP contribution in [0.3, 0.4) is 0 Å². The van der Waals surface area contributed by atoms with E-state index >= 15 is 0 Å². The number of nitrogens with one attached hydrogen (secondary N) is 1. The van der Waals surface area contributed by atoms with Crippen LogP contribution in [0.15, 0.2) is 41.8 Å². The highest BCUT2D eigenvalue weighted by Gasteiger charge is 2.10. The van der Waals surface area contributed by atoms with Crippen molar-refractivity contribution >= 4 is 28.1 Å². The van der Waals surface area contributed by atoms with Crippen LogP contribution in [0.2, 0.25) is 0 Å². The molecule has 0 spiro atoms. The second-order valence-corrected chi connectivity index (χ2v) is 6.06. The summed E-state index contributed by atoms with van der Waals surface area (Å²) < 4.78 is 0. The van der Waals surface area contributed by atoms with Gasteiger partial charge in [-0.05, 0) is 41.1 Å². The molecule has 3 aromatic rings. The Labute approximate surface area is 122 Å². The van der Waals surface area contributed by atoms with E-state index in [9.17, 15) is 0 Å². The van der Waals surface area contributed by atoms with Crippen LogP contribution in [0.5, 0.6) is 0 Å². The third-order valence-electron chi connectivity index (χ3n) is 3.43. The Hall–Kier alpha value is -1.91. The van der Waals surface area contributed by atoms with Gasteiger partial charge in [0.25, 0.3) is 0 Å². The summed E-state index contributed by atoms with van der Waals surface area (Å²) in [4.78, 5) is 5.79. The van der Waals surface area contributed by atoms with Crippen LogP contribution in [0.1, 0.15) is 25.3 Å². The number of nitrogens with two attached hydrogens (primary N) is 1. The van der Waals surface area contributed by atoms with E-state index in [2.05, 4.69) is 60.0 Å². The fraction of sp³-hybridized carbons (Fsp3) is 0.188. The average molecular weight is 283 g/mol. The summed E-state index contributed by atoms with van der Waals surface area (Å²) in [5.41, 5.74) is 6.05. The molecule has 0 unspecified atom stereocenters. The van der Waals surface area contributed by atoms with Crippen LogP contribution in [0.4, 0.5) is 5.82 Å². The Balaban J connectivity index is 2.23. The lowest BCUT2D eigenvalue weighted by Crippen LogP contribution is -2.09. The van der Waals surface area contributed by atoms with Gasteiger partial charge in [-0.1, -0.05) is 26.0 Å². The van der Waals surface area contributed by atoms with Crippen LogP contribution < -0.4 is 11.3 Å². The fourth-order valence-electron chi connectivity index (χ4n) is 2.28. The highest BCUT2D eigenvalue weighted by Crippen LogP contribution is 2.33. The molecule has 0 saturated heterocycles. The van der Waals surface area contributed by atoms with Gasteiger partial charge in [-0.25, -0.2) is 10.8 Å². The number of aromatic nitrogens is 1. The minimum absolute atomic E-state index is 0.511. The van der Waals surface area contributed by atoms with Gasteiger partial charge in [-0.3, -0.25) is 0 Å². The molecule has 0 aliphatic carbocycles. The monoisotopic (exact) mass is 283 g/mol. The van der Waals surface area contributed by atoms with Crippen molar-refractivity contribution in [2.24, 2.45) is 5.84 Å². The van der Waals surface area contributed by atoms with Crippen LogP contribution in [0, 0.1) is 0 Å². The Morgan fingerprint density at radius 1 is 1.20 bits per heavy atom. The van der Waals surface area contributed by atoms with Gasteiger partial charge >= 0.3 is 0 Å². The Bertz CT molecular complexity index is 733. The van der Waals surface area contributed by atoms with E-state index in [0.29, 0.717) is 5.92 Å². The molecule has 0 fully saturated rings. The molecule has 0 radical (unpaired) electrons. The fourth-order valence-corrected chi connectivity index (χ4v) is 3.03. The van der Waals surface area contributed by atoms with Crippen molar-refractivity contribution < 1.29 is 0 Å². The largest absolute Gasteiger partial charge is 0.308 e. The van der Waals surface area contributed by atoms with E-state index in [1.165, 1.54) is 10.4 Å². The highest BCUT2D eigenvalue weighted by atomic mass is 32.1. The van der Waals surface area contributed by atoms with Crippen molar-refractivity contribution in [3.05, 3.63) is 47.3 Å². The number of fused-ring (bicyclic) bond motifs is 1. The van der Waals surface area contributed by atoms with E-state index in [0.717, 1.165) is 22.3 Å². The lowest BCUT2D eigenvalue weighted by atomic mass is 10.0. The number of nitrogen functional groups attached to an aromatic ring is 1. The van der Waals surface area contributed by atoms with Gasteiger partial charge in [0.1, 0.15) is 5.82 Å². The standard InChI is InChI=1S/C16H17N3S/c1-10(2)11-5-6-14-12(8-11)9-13(16(18-14)19-17)15-4-3-7-20-15/h3-10H,17H2,1-2H3,(H,18,19). The van der Waals surface area contributed by atoms with Gasteiger partial charge < -0.3 is 5.43 Å². The van der Waals surface area contributed by atoms with Crippen molar-refractivity contribution in [1.82, 2.24) is 4.98 Å². The normalized spacial score (nSPS) is 11.2. The van der Waals surface area contributed by atoms with Crippen LogP contribution in [-0.2, 0) is 0 Å². The lowest BCUT2D eigenvalue weighted by Gasteiger charge is -2.11. The van der Waals surface area contributed by atoms with Crippen molar-refractivity contribution in [1.29, 1.82) is 0 Å². The molecule has 1 aromatic carbocycles. The molecule has 0 aliphatic rings. The predicted octanol–water partition coefficient (Wildman–Crippen LogP) is 4.37. The first-order chi connectivity index (χ1) is 9.69. The summed E-state index contributed by atoms with van der Waals surface area (Å²) in [6, 6.07) is 12.7. The van der Waals surface area contributed by atoms with Crippen LogP contribution in [-0.4, -0.2) is 4.98 Å². The minimum Gasteiger partial charge on any atom is -0.308 e. The molecule has 0 bridgehead atoms. The van der Waals surface area contributed by atoms with E-state index in [1.807, 2.05) is 6.07 Å². The number of benzene rings is 1. The zero-order valence-electron chi connectivity index (χ0n) is 11.6. The third-order valence-corrected chi connectivity index (χ3v) is 4.33.